The van der Waals surface area contributed by atoms with Crippen LogP contribution >= 0.6 is 11.6 Å². The van der Waals surface area contributed by atoms with Crippen molar-refractivity contribution in [2.24, 2.45) is 5.92 Å². The first-order valence-corrected chi connectivity index (χ1v) is 12.7. The topological polar surface area (TPSA) is 90.9 Å². The molecule has 0 spiro atoms. The quantitative estimate of drug-likeness (QED) is 0.400. The SMILES string of the molecule is CCOC(=O)C1=C(C)NC2=C(C(=O)[C@H](C(=O)OCC)[C@H](c3ccc(OC)cc3)C2)[C@@H]1c1ccc(Cl)cc1. The van der Waals surface area contributed by atoms with Crippen LogP contribution in [-0.2, 0) is 23.9 Å². The molecule has 0 radical (unpaired) electrons. The Morgan fingerprint density at radius 2 is 1.59 bits per heavy atom. The summed E-state index contributed by atoms with van der Waals surface area (Å²) in [5.74, 6) is -3.03. The summed E-state index contributed by atoms with van der Waals surface area (Å²) >= 11 is 6.14. The molecular weight excluding hydrogens is 494 g/mol. The molecule has 0 saturated heterocycles. The number of halogens is 1. The van der Waals surface area contributed by atoms with Crippen LogP contribution in [0.5, 0.6) is 5.75 Å². The summed E-state index contributed by atoms with van der Waals surface area (Å²) in [5.41, 5.74) is 3.52. The van der Waals surface area contributed by atoms with E-state index in [0.717, 1.165) is 5.56 Å². The summed E-state index contributed by atoms with van der Waals surface area (Å²) in [6.45, 7) is 5.57. The largest absolute Gasteiger partial charge is 0.497 e. The Bertz CT molecular complexity index is 1260. The number of nitrogens with one attached hydrogen (secondary N) is 1. The predicted molar refractivity (Wildman–Crippen MR) is 139 cm³/mol. The van der Waals surface area contributed by atoms with E-state index in [9.17, 15) is 14.4 Å². The third-order valence-electron chi connectivity index (χ3n) is 6.80. The molecule has 1 aliphatic carbocycles. The summed E-state index contributed by atoms with van der Waals surface area (Å²) in [4.78, 5) is 40.6. The Kier molecular flexibility index (Phi) is 8.03. The molecule has 7 nitrogen and oxygen atoms in total. The highest BCUT2D eigenvalue weighted by atomic mass is 35.5. The molecular formula is C29H30ClNO6. The standard InChI is InChI=1S/C29H30ClNO6/c1-5-36-28(33)23-16(3)31-22-15-21(17-9-13-20(35-4)14-10-17)25(29(34)37-6-2)27(32)26(22)24(23)18-7-11-19(30)12-8-18/h7-14,21,24-25,31H,5-6,15H2,1-4H3/t21-,24+,25+/m0/s1. The lowest BCUT2D eigenvalue weighted by atomic mass is 9.67. The van der Waals surface area contributed by atoms with Crippen molar-refractivity contribution in [3.63, 3.8) is 0 Å². The average Bonchev–Trinajstić information content (AvgIpc) is 2.88. The molecule has 194 valence electrons. The Morgan fingerprint density at radius 1 is 0.973 bits per heavy atom. The van der Waals surface area contributed by atoms with Crippen LogP contribution in [0.15, 0.2) is 71.1 Å². The first-order chi connectivity index (χ1) is 17.8. The number of Topliss-reactive ketones (excluding diaryl/α,β-unsaturated/α-hetero) is 1. The second kappa shape index (κ2) is 11.2. The predicted octanol–water partition coefficient (Wildman–Crippen LogP) is 5.06. The number of carbonyl (C=O) groups is 3. The van der Waals surface area contributed by atoms with Gasteiger partial charge in [-0.2, -0.15) is 0 Å². The average molecular weight is 524 g/mol. The lowest BCUT2D eigenvalue weighted by Crippen LogP contribution is -2.43. The second-order valence-electron chi connectivity index (χ2n) is 8.94. The Morgan fingerprint density at radius 3 is 2.19 bits per heavy atom. The Labute approximate surface area is 221 Å². The van der Waals surface area contributed by atoms with Gasteiger partial charge in [0.15, 0.2) is 5.78 Å². The van der Waals surface area contributed by atoms with Crippen molar-refractivity contribution in [3.05, 3.63) is 87.2 Å². The van der Waals surface area contributed by atoms with Gasteiger partial charge in [-0.25, -0.2) is 4.79 Å². The molecule has 1 heterocycles. The summed E-state index contributed by atoms with van der Waals surface area (Å²) in [7, 11) is 1.58. The molecule has 37 heavy (non-hydrogen) atoms. The van der Waals surface area contributed by atoms with Gasteiger partial charge in [0.25, 0.3) is 0 Å². The number of dihydropyridines is 1. The van der Waals surface area contributed by atoms with Crippen LogP contribution < -0.4 is 10.1 Å². The van der Waals surface area contributed by atoms with Crippen molar-refractivity contribution in [2.75, 3.05) is 20.3 Å². The summed E-state index contributed by atoms with van der Waals surface area (Å²) < 4.78 is 16.0. The number of esters is 2. The molecule has 0 bridgehead atoms. The number of benzene rings is 2. The zero-order valence-electron chi connectivity index (χ0n) is 21.3. The molecule has 2 aliphatic rings. The van der Waals surface area contributed by atoms with E-state index in [1.165, 1.54) is 0 Å². The van der Waals surface area contributed by atoms with Gasteiger partial charge in [-0.05, 0) is 62.6 Å². The number of allylic oxidation sites excluding steroid dienone is 3. The van der Waals surface area contributed by atoms with Crippen LogP contribution in [-0.4, -0.2) is 38.0 Å². The summed E-state index contributed by atoms with van der Waals surface area (Å²) in [6.07, 6.45) is 0.383. The van der Waals surface area contributed by atoms with Crippen molar-refractivity contribution in [2.45, 2.75) is 39.0 Å². The Hall–Kier alpha value is -3.58. The van der Waals surface area contributed by atoms with Crippen LogP contribution in [0.25, 0.3) is 0 Å². The molecule has 0 amide bonds. The van der Waals surface area contributed by atoms with Gasteiger partial charge in [0, 0.05) is 33.8 Å². The molecule has 0 saturated carbocycles. The monoisotopic (exact) mass is 523 g/mol. The van der Waals surface area contributed by atoms with Crippen molar-refractivity contribution in [1.82, 2.24) is 5.32 Å². The molecule has 4 rings (SSSR count). The highest BCUT2D eigenvalue weighted by molar-refractivity contribution is 6.30. The number of rotatable bonds is 7. The van der Waals surface area contributed by atoms with Crippen LogP contribution in [0, 0.1) is 5.92 Å². The smallest absolute Gasteiger partial charge is 0.336 e. The summed E-state index contributed by atoms with van der Waals surface area (Å²) in [5, 5.41) is 3.83. The van der Waals surface area contributed by atoms with Crippen LogP contribution in [0.1, 0.15) is 50.2 Å². The molecule has 1 N–H and O–H groups in total. The summed E-state index contributed by atoms with van der Waals surface area (Å²) in [6, 6.07) is 14.3. The van der Waals surface area contributed by atoms with Crippen molar-refractivity contribution in [3.8, 4) is 5.75 Å². The zero-order valence-corrected chi connectivity index (χ0v) is 22.1. The second-order valence-corrected chi connectivity index (χ2v) is 9.38. The molecule has 0 aromatic heterocycles. The van der Waals surface area contributed by atoms with Crippen LogP contribution in [0.2, 0.25) is 5.02 Å². The molecule has 3 atom stereocenters. The van der Waals surface area contributed by atoms with E-state index in [0.29, 0.717) is 45.3 Å². The van der Waals surface area contributed by atoms with Crippen molar-refractivity contribution >= 4 is 29.3 Å². The maximum absolute atomic E-state index is 14.2. The maximum Gasteiger partial charge on any atom is 0.336 e. The lowest BCUT2D eigenvalue weighted by molar-refractivity contribution is -0.152. The molecule has 0 unspecified atom stereocenters. The first kappa shape index (κ1) is 26.5. The van der Waals surface area contributed by atoms with Gasteiger partial charge in [0.05, 0.1) is 25.9 Å². The Balaban J connectivity index is 1.87. The first-order valence-electron chi connectivity index (χ1n) is 12.3. The zero-order chi connectivity index (χ0) is 26.7. The van der Waals surface area contributed by atoms with Gasteiger partial charge in [-0.1, -0.05) is 35.9 Å². The fourth-order valence-electron chi connectivity index (χ4n) is 5.17. The number of ketones is 1. The molecule has 1 aliphatic heterocycles. The van der Waals surface area contributed by atoms with E-state index >= 15 is 0 Å². The normalized spacial score (nSPS) is 21.2. The number of ether oxygens (including phenoxy) is 3. The fourth-order valence-corrected chi connectivity index (χ4v) is 5.30. The highest BCUT2D eigenvalue weighted by Gasteiger charge is 2.49. The van der Waals surface area contributed by atoms with Gasteiger partial charge < -0.3 is 19.5 Å². The van der Waals surface area contributed by atoms with Crippen LogP contribution in [0.4, 0.5) is 0 Å². The van der Waals surface area contributed by atoms with Crippen molar-refractivity contribution < 1.29 is 28.6 Å². The third kappa shape index (κ3) is 5.14. The van der Waals surface area contributed by atoms with Gasteiger partial charge >= 0.3 is 11.9 Å². The van der Waals surface area contributed by atoms with Gasteiger partial charge in [-0.3, -0.25) is 9.59 Å². The minimum Gasteiger partial charge on any atom is -0.497 e. The van der Waals surface area contributed by atoms with Gasteiger partial charge in [0.2, 0.25) is 0 Å². The van der Waals surface area contributed by atoms with Gasteiger partial charge in [0.1, 0.15) is 11.7 Å². The number of hydrogen-bond acceptors (Lipinski definition) is 7. The van der Waals surface area contributed by atoms with E-state index in [-0.39, 0.29) is 19.0 Å². The van der Waals surface area contributed by atoms with Gasteiger partial charge in [-0.15, -0.1) is 0 Å². The maximum atomic E-state index is 14.2. The fraction of sp³-hybridized carbons (Fsp3) is 0.345. The van der Waals surface area contributed by atoms with E-state index in [2.05, 4.69) is 5.32 Å². The molecule has 2 aromatic rings. The molecule has 2 aromatic carbocycles. The molecule has 0 fully saturated rings. The minimum absolute atomic E-state index is 0.149. The van der Waals surface area contributed by atoms with E-state index in [1.54, 1.807) is 64.3 Å². The number of methoxy groups -OCH3 is 1. The van der Waals surface area contributed by atoms with E-state index < -0.39 is 29.7 Å². The van der Waals surface area contributed by atoms with Crippen molar-refractivity contribution in [1.29, 1.82) is 0 Å². The molecule has 8 heteroatoms. The van der Waals surface area contributed by atoms with Crippen LogP contribution in [0.3, 0.4) is 0 Å². The van der Waals surface area contributed by atoms with E-state index in [1.807, 2.05) is 12.1 Å². The highest BCUT2D eigenvalue weighted by Crippen LogP contribution is 2.48. The minimum atomic E-state index is -1.06. The van der Waals surface area contributed by atoms with E-state index in [4.69, 9.17) is 25.8 Å². The number of carbonyl (C=O) groups excluding carboxylic acids is 3. The third-order valence-corrected chi connectivity index (χ3v) is 7.05. The number of hydrogen-bond donors (Lipinski definition) is 1. The lowest BCUT2D eigenvalue weighted by Gasteiger charge is -2.39.